The van der Waals surface area contributed by atoms with Crippen LogP contribution in [0.25, 0.3) is 5.65 Å². The highest BCUT2D eigenvalue weighted by molar-refractivity contribution is 5.47. The van der Waals surface area contributed by atoms with Gasteiger partial charge in [0.25, 0.3) is 0 Å². The van der Waals surface area contributed by atoms with E-state index in [4.69, 9.17) is 0 Å². The van der Waals surface area contributed by atoms with Gasteiger partial charge in [0.2, 0.25) is 0 Å². The van der Waals surface area contributed by atoms with Crippen molar-refractivity contribution in [2.45, 2.75) is 40.0 Å². The third-order valence-electron chi connectivity index (χ3n) is 2.70. The SMILES string of the molecule is CCc1cc(C(C)C)nc2c(C)cnn12. The van der Waals surface area contributed by atoms with E-state index >= 15 is 0 Å². The molecule has 0 aliphatic rings. The van der Waals surface area contributed by atoms with Crippen LogP contribution in [0.1, 0.15) is 43.6 Å². The van der Waals surface area contributed by atoms with Crippen LogP contribution in [0.15, 0.2) is 12.3 Å². The minimum Gasteiger partial charge on any atom is -0.233 e. The predicted molar refractivity (Wildman–Crippen MR) is 61.2 cm³/mol. The van der Waals surface area contributed by atoms with Crippen molar-refractivity contribution < 1.29 is 0 Å². The number of aryl methyl sites for hydroxylation is 2. The van der Waals surface area contributed by atoms with Crippen LogP contribution in [0.5, 0.6) is 0 Å². The molecule has 3 nitrogen and oxygen atoms in total. The van der Waals surface area contributed by atoms with Crippen LogP contribution < -0.4 is 0 Å². The van der Waals surface area contributed by atoms with E-state index in [9.17, 15) is 0 Å². The fourth-order valence-corrected chi connectivity index (χ4v) is 1.70. The molecule has 0 saturated carbocycles. The van der Waals surface area contributed by atoms with E-state index in [0.717, 1.165) is 23.3 Å². The molecule has 2 aromatic rings. The summed E-state index contributed by atoms with van der Waals surface area (Å²) in [5, 5.41) is 4.34. The Kier molecular flexibility index (Phi) is 2.47. The number of nitrogens with zero attached hydrogens (tertiary/aromatic N) is 3. The number of aromatic nitrogens is 3. The lowest BCUT2D eigenvalue weighted by Gasteiger charge is -2.08. The van der Waals surface area contributed by atoms with Gasteiger partial charge in [0.1, 0.15) is 0 Å². The van der Waals surface area contributed by atoms with Crippen molar-refractivity contribution in [1.29, 1.82) is 0 Å². The lowest BCUT2D eigenvalue weighted by Crippen LogP contribution is -2.04. The van der Waals surface area contributed by atoms with Gasteiger partial charge < -0.3 is 0 Å². The molecular formula is C12H17N3. The third-order valence-corrected chi connectivity index (χ3v) is 2.70. The molecule has 0 unspecified atom stereocenters. The van der Waals surface area contributed by atoms with E-state index in [1.165, 1.54) is 5.69 Å². The van der Waals surface area contributed by atoms with Crippen LogP contribution in [0.2, 0.25) is 0 Å². The van der Waals surface area contributed by atoms with E-state index in [0.29, 0.717) is 5.92 Å². The fraction of sp³-hybridized carbons (Fsp3) is 0.500. The fourth-order valence-electron chi connectivity index (χ4n) is 1.70. The summed E-state index contributed by atoms with van der Waals surface area (Å²) in [5.74, 6) is 0.467. The maximum Gasteiger partial charge on any atom is 0.158 e. The summed E-state index contributed by atoms with van der Waals surface area (Å²) in [4.78, 5) is 4.64. The second-order valence-corrected chi connectivity index (χ2v) is 4.24. The zero-order valence-electron chi connectivity index (χ0n) is 9.78. The lowest BCUT2D eigenvalue weighted by atomic mass is 10.1. The van der Waals surface area contributed by atoms with E-state index in [2.05, 4.69) is 43.8 Å². The van der Waals surface area contributed by atoms with Gasteiger partial charge in [-0.1, -0.05) is 20.8 Å². The highest BCUT2D eigenvalue weighted by Gasteiger charge is 2.09. The maximum atomic E-state index is 4.64. The summed E-state index contributed by atoms with van der Waals surface area (Å²) in [7, 11) is 0. The van der Waals surface area contributed by atoms with E-state index in [1.807, 2.05) is 10.7 Å². The Labute approximate surface area is 90.1 Å². The monoisotopic (exact) mass is 203 g/mol. The van der Waals surface area contributed by atoms with Crippen LogP contribution in [0.3, 0.4) is 0 Å². The topological polar surface area (TPSA) is 30.2 Å². The molecule has 0 spiro atoms. The number of rotatable bonds is 2. The van der Waals surface area contributed by atoms with Crippen molar-refractivity contribution in [3.05, 3.63) is 29.2 Å². The molecule has 0 radical (unpaired) electrons. The molecule has 2 heterocycles. The van der Waals surface area contributed by atoms with Gasteiger partial charge in [0, 0.05) is 17.0 Å². The summed E-state index contributed by atoms with van der Waals surface area (Å²) >= 11 is 0. The minimum absolute atomic E-state index is 0.467. The van der Waals surface area contributed by atoms with Crippen LogP contribution in [-0.2, 0) is 6.42 Å². The summed E-state index contributed by atoms with van der Waals surface area (Å²) in [6.07, 6.45) is 2.87. The number of hydrogen-bond acceptors (Lipinski definition) is 2. The third kappa shape index (κ3) is 1.62. The zero-order valence-corrected chi connectivity index (χ0v) is 9.78. The molecule has 3 heteroatoms. The van der Waals surface area contributed by atoms with Gasteiger partial charge in [-0.2, -0.15) is 5.10 Å². The predicted octanol–water partition coefficient (Wildman–Crippen LogP) is 2.72. The Morgan fingerprint density at radius 3 is 2.73 bits per heavy atom. The molecule has 0 aromatic carbocycles. The average Bonchev–Trinajstić information content (AvgIpc) is 2.59. The van der Waals surface area contributed by atoms with Gasteiger partial charge in [-0.25, -0.2) is 9.50 Å². The molecule has 15 heavy (non-hydrogen) atoms. The smallest absolute Gasteiger partial charge is 0.158 e. The second kappa shape index (κ2) is 3.65. The van der Waals surface area contributed by atoms with Crippen LogP contribution >= 0.6 is 0 Å². The Morgan fingerprint density at radius 2 is 2.13 bits per heavy atom. The largest absolute Gasteiger partial charge is 0.233 e. The molecule has 0 bridgehead atoms. The molecule has 0 N–H and O–H groups in total. The van der Waals surface area contributed by atoms with Crippen molar-refractivity contribution in [1.82, 2.24) is 14.6 Å². The molecule has 80 valence electrons. The van der Waals surface area contributed by atoms with E-state index in [1.54, 1.807) is 0 Å². The molecule has 2 aromatic heterocycles. The van der Waals surface area contributed by atoms with Gasteiger partial charge in [0.15, 0.2) is 5.65 Å². The molecule has 0 amide bonds. The first-order chi connectivity index (χ1) is 7.13. The van der Waals surface area contributed by atoms with Crippen LogP contribution in [-0.4, -0.2) is 14.6 Å². The maximum absolute atomic E-state index is 4.64. The minimum atomic E-state index is 0.467. The summed E-state index contributed by atoms with van der Waals surface area (Å²) in [5.41, 5.74) is 4.53. The van der Waals surface area contributed by atoms with Gasteiger partial charge in [-0.15, -0.1) is 0 Å². The van der Waals surface area contributed by atoms with Gasteiger partial charge in [-0.05, 0) is 25.3 Å². The van der Waals surface area contributed by atoms with Crippen molar-refractivity contribution in [2.24, 2.45) is 0 Å². The first kappa shape index (κ1) is 10.1. The summed E-state index contributed by atoms with van der Waals surface area (Å²) in [6.45, 7) is 8.54. The molecule has 0 aliphatic heterocycles. The number of fused-ring (bicyclic) bond motifs is 1. The Balaban J connectivity index is 2.74. The van der Waals surface area contributed by atoms with Gasteiger partial charge in [0.05, 0.1) is 6.20 Å². The normalized spacial score (nSPS) is 11.5. The van der Waals surface area contributed by atoms with Gasteiger partial charge in [-0.3, -0.25) is 0 Å². The zero-order chi connectivity index (χ0) is 11.0. The summed E-state index contributed by atoms with van der Waals surface area (Å²) < 4.78 is 1.95. The highest BCUT2D eigenvalue weighted by atomic mass is 15.3. The Hall–Kier alpha value is -1.38. The van der Waals surface area contributed by atoms with Crippen molar-refractivity contribution in [3.8, 4) is 0 Å². The van der Waals surface area contributed by atoms with Crippen LogP contribution in [0.4, 0.5) is 0 Å². The van der Waals surface area contributed by atoms with Crippen molar-refractivity contribution in [3.63, 3.8) is 0 Å². The molecule has 2 rings (SSSR count). The van der Waals surface area contributed by atoms with E-state index < -0.39 is 0 Å². The average molecular weight is 203 g/mol. The van der Waals surface area contributed by atoms with Crippen molar-refractivity contribution in [2.75, 3.05) is 0 Å². The molecule has 0 atom stereocenters. The standard InChI is InChI=1S/C12H17N3/c1-5-10-6-11(8(2)3)14-12-9(4)7-13-15(10)12/h6-8H,5H2,1-4H3. The molecule has 0 saturated heterocycles. The first-order valence-corrected chi connectivity index (χ1v) is 5.47. The van der Waals surface area contributed by atoms with Gasteiger partial charge >= 0.3 is 0 Å². The van der Waals surface area contributed by atoms with Crippen molar-refractivity contribution >= 4 is 5.65 Å². The molecular weight excluding hydrogens is 186 g/mol. The van der Waals surface area contributed by atoms with E-state index in [-0.39, 0.29) is 0 Å². The molecule has 0 fully saturated rings. The Morgan fingerprint density at radius 1 is 1.40 bits per heavy atom. The lowest BCUT2D eigenvalue weighted by molar-refractivity contribution is 0.781. The summed E-state index contributed by atoms with van der Waals surface area (Å²) in [6, 6.07) is 2.16. The first-order valence-electron chi connectivity index (χ1n) is 5.47. The second-order valence-electron chi connectivity index (χ2n) is 4.24. The molecule has 0 aliphatic carbocycles. The van der Waals surface area contributed by atoms with Crippen LogP contribution in [0, 0.1) is 6.92 Å². The number of hydrogen-bond donors (Lipinski definition) is 0. The Bertz CT molecular complexity index is 483. The highest BCUT2D eigenvalue weighted by Crippen LogP contribution is 2.17. The quantitative estimate of drug-likeness (QED) is 0.751.